The fraction of sp³-hybridized carbons (Fsp3) is 0.125. The number of amides is 1. The minimum Gasteiger partial charge on any atom is -0.352 e. The highest BCUT2D eigenvalue weighted by atomic mass is 32.1. The van der Waals surface area contributed by atoms with Gasteiger partial charge in [-0.15, -0.1) is 11.3 Å². The van der Waals surface area contributed by atoms with Gasteiger partial charge in [0.1, 0.15) is 0 Å². The van der Waals surface area contributed by atoms with Gasteiger partial charge in [-0.05, 0) is 24.6 Å². The summed E-state index contributed by atoms with van der Waals surface area (Å²) in [6, 6.07) is 24.0. The van der Waals surface area contributed by atoms with Crippen LogP contribution in [0.5, 0.6) is 0 Å². The van der Waals surface area contributed by atoms with E-state index in [9.17, 15) is 9.59 Å². The van der Waals surface area contributed by atoms with E-state index in [1.54, 1.807) is 47.7 Å². The summed E-state index contributed by atoms with van der Waals surface area (Å²) in [6.07, 6.45) is 1.60. The Morgan fingerprint density at radius 1 is 0.828 bits per heavy atom. The van der Waals surface area contributed by atoms with Crippen LogP contribution in [0.15, 0.2) is 78.9 Å². The molecule has 144 valence electrons. The SMILES string of the molecule is O=C(NCCCc1nc2ccccc2s1)c1ccccc1C(=O)c1ccccc1. The molecule has 1 heterocycles. The van der Waals surface area contributed by atoms with Crippen LogP contribution in [0.25, 0.3) is 10.2 Å². The van der Waals surface area contributed by atoms with Crippen LogP contribution in [0.4, 0.5) is 0 Å². The Kier molecular flexibility index (Phi) is 5.77. The zero-order valence-corrected chi connectivity index (χ0v) is 16.6. The van der Waals surface area contributed by atoms with Crippen molar-refractivity contribution in [2.75, 3.05) is 6.54 Å². The lowest BCUT2D eigenvalue weighted by molar-refractivity contribution is 0.0941. The maximum atomic E-state index is 12.8. The molecule has 29 heavy (non-hydrogen) atoms. The molecule has 0 bridgehead atoms. The molecule has 5 heteroatoms. The van der Waals surface area contributed by atoms with E-state index in [-0.39, 0.29) is 11.7 Å². The number of nitrogens with one attached hydrogen (secondary N) is 1. The number of ketones is 1. The molecule has 4 rings (SSSR count). The summed E-state index contributed by atoms with van der Waals surface area (Å²) >= 11 is 1.69. The number of aryl methyl sites for hydroxylation is 1. The predicted molar refractivity (Wildman–Crippen MR) is 117 cm³/mol. The molecule has 1 aromatic heterocycles. The van der Waals surface area contributed by atoms with Gasteiger partial charge in [0, 0.05) is 24.1 Å². The van der Waals surface area contributed by atoms with Crippen LogP contribution in [0.3, 0.4) is 0 Å². The van der Waals surface area contributed by atoms with Gasteiger partial charge < -0.3 is 5.32 Å². The van der Waals surface area contributed by atoms with E-state index in [2.05, 4.69) is 16.4 Å². The van der Waals surface area contributed by atoms with Gasteiger partial charge in [-0.1, -0.05) is 60.7 Å². The first-order valence-electron chi connectivity index (χ1n) is 9.54. The smallest absolute Gasteiger partial charge is 0.252 e. The first kappa shape index (κ1) is 19.0. The third-order valence-corrected chi connectivity index (χ3v) is 5.74. The number of thiazole rings is 1. The van der Waals surface area contributed by atoms with E-state index >= 15 is 0 Å². The Hall–Kier alpha value is -3.31. The number of nitrogens with zero attached hydrogens (tertiary/aromatic N) is 1. The first-order valence-corrected chi connectivity index (χ1v) is 10.4. The van der Waals surface area contributed by atoms with Crippen molar-refractivity contribution in [3.63, 3.8) is 0 Å². The average Bonchev–Trinajstić information content (AvgIpc) is 3.19. The molecule has 0 unspecified atom stereocenters. The molecule has 4 aromatic rings. The zero-order valence-electron chi connectivity index (χ0n) is 15.8. The van der Waals surface area contributed by atoms with E-state index in [0.29, 0.717) is 23.2 Å². The van der Waals surface area contributed by atoms with Crippen LogP contribution in [0.1, 0.15) is 37.7 Å². The highest BCUT2D eigenvalue weighted by molar-refractivity contribution is 7.18. The van der Waals surface area contributed by atoms with Crippen LogP contribution in [-0.2, 0) is 6.42 Å². The summed E-state index contributed by atoms with van der Waals surface area (Å²) in [5, 5.41) is 4.00. The van der Waals surface area contributed by atoms with Crippen LogP contribution in [0.2, 0.25) is 0 Å². The fourth-order valence-electron chi connectivity index (χ4n) is 3.19. The summed E-state index contributed by atoms with van der Waals surface area (Å²) < 4.78 is 1.18. The second-order valence-corrected chi connectivity index (χ2v) is 7.79. The van der Waals surface area contributed by atoms with E-state index in [0.717, 1.165) is 23.4 Å². The number of carbonyl (C=O) groups excluding carboxylic acids is 2. The molecule has 3 aromatic carbocycles. The van der Waals surface area contributed by atoms with E-state index in [1.165, 1.54) is 4.70 Å². The highest BCUT2D eigenvalue weighted by Gasteiger charge is 2.17. The molecule has 0 fully saturated rings. The molecule has 0 aliphatic rings. The van der Waals surface area contributed by atoms with Crippen molar-refractivity contribution < 1.29 is 9.59 Å². The highest BCUT2D eigenvalue weighted by Crippen LogP contribution is 2.22. The number of aromatic nitrogens is 1. The molecule has 4 nitrogen and oxygen atoms in total. The molecule has 0 spiro atoms. The predicted octanol–water partition coefficient (Wildman–Crippen LogP) is 4.89. The van der Waals surface area contributed by atoms with Gasteiger partial charge in [0.15, 0.2) is 5.78 Å². The molecular weight excluding hydrogens is 380 g/mol. The lowest BCUT2D eigenvalue weighted by atomic mass is 9.98. The molecule has 0 atom stereocenters. The Labute approximate surface area is 173 Å². The number of para-hydroxylation sites is 1. The largest absolute Gasteiger partial charge is 0.352 e. The van der Waals surface area contributed by atoms with Crippen LogP contribution < -0.4 is 5.32 Å². The molecule has 1 N–H and O–H groups in total. The molecule has 0 saturated carbocycles. The number of hydrogen-bond acceptors (Lipinski definition) is 4. The normalized spacial score (nSPS) is 10.8. The van der Waals surface area contributed by atoms with Crippen molar-refractivity contribution in [2.24, 2.45) is 0 Å². The molecule has 0 aliphatic carbocycles. The molecule has 0 saturated heterocycles. The van der Waals surface area contributed by atoms with Gasteiger partial charge in [-0.25, -0.2) is 4.98 Å². The van der Waals surface area contributed by atoms with Gasteiger partial charge in [0.05, 0.1) is 20.8 Å². The third kappa shape index (κ3) is 4.41. The van der Waals surface area contributed by atoms with Crippen molar-refractivity contribution in [3.8, 4) is 0 Å². The lowest BCUT2D eigenvalue weighted by Crippen LogP contribution is -2.26. The molecular formula is C24H20N2O2S. The number of hydrogen-bond donors (Lipinski definition) is 1. The molecule has 0 aliphatic heterocycles. The van der Waals surface area contributed by atoms with Crippen molar-refractivity contribution >= 4 is 33.2 Å². The average molecular weight is 401 g/mol. The van der Waals surface area contributed by atoms with E-state index in [4.69, 9.17) is 0 Å². The lowest BCUT2D eigenvalue weighted by Gasteiger charge is -2.09. The maximum absolute atomic E-state index is 12.8. The second-order valence-electron chi connectivity index (χ2n) is 6.68. The van der Waals surface area contributed by atoms with Gasteiger partial charge in [0.25, 0.3) is 5.91 Å². The first-order chi connectivity index (χ1) is 14.2. The van der Waals surface area contributed by atoms with Crippen LogP contribution in [-0.4, -0.2) is 23.2 Å². The van der Waals surface area contributed by atoms with Crippen molar-refractivity contribution in [1.29, 1.82) is 0 Å². The monoisotopic (exact) mass is 400 g/mol. The summed E-state index contributed by atoms with van der Waals surface area (Å²) in [5.74, 6) is -0.375. The summed E-state index contributed by atoms with van der Waals surface area (Å²) in [5.41, 5.74) is 2.41. The summed E-state index contributed by atoms with van der Waals surface area (Å²) in [7, 11) is 0. The van der Waals surface area contributed by atoms with E-state index in [1.807, 2.05) is 36.4 Å². The Bertz CT molecular complexity index is 1120. The van der Waals surface area contributed by atoms with Gasteiger partial charge in [-0.2, -0.15) is 0 Å². The molecule has 0 radical (unpaired) electrons. The Morgan fingerprint density at radius 2 is 1.52 bits per heavy atom. The topological polar surface area (TPSA) is 59.1 Å². The third-order valence-electron chi connectivity index (χ3n) is 4.64. The van der Waals surface area contributed by atoms with Crippen molar-refractivity contribution in [1.82, 2.24) is 10.3 Å². The Morgan fingerprint density at radius 3 is 2.31 bits per heavy atom. The van der Waals surface area contributed by atoms with Crippen LogP contribution in [0, 0.1) is 0 Å². The molecule has 1 amide bonds. The minimum absolute atomic E-state index is 0.147. The van der Waals surface area contributed by atoms with Crippen molar-refractivity contribution in [3.05, 3.63) is 101 Å². The summed E-state index contributed by atoms with van der Waals surface area (Å²) in [4.78, 5) is 30.1. The fourth-order valence-corrected chi connectivity index (χ4v) is 4.20. The quantitative estimate of drug-likeness (QED) is 0.355. The number of carbonyl (C=O) groups is 2. The summed E-state index contributed by atoms with van der Waals surface area (Å²) in [6.45, 7) is 0.530. The zero-order chi connectivity index (χ0) is 20.1. The van der Waals surface area contributed by atoms with Crippen molar-refractivity contribution in [2.45, 2.75) is 12.8 Å². The van der Waals surface area contributed by atoms with Gasteiger partial charge in [-0.3, -0.25) is 9.59 Å². The number of rotatable bonds is 7. The number of benzene rings is 3. The van der Waals surface area contributed by atoms with E-state index < -0.39 is 0 Å². The number of fused-ring (bicyclic) bond motifs is 1. The van der Waals surface area contributed by atoms with Gasteiger partial charge in [0.2, 0.25) is 0 Å². The minimum atomic E-state index is -0.228. The second kappa shape index (κ2) is 8.80. The Balaban J connectivity index is 1.38. The van der Waals surface area contributed by atoms with Crippen LogP contribution >= 0.6 is 11.3 Å². The van der Waals surface area contributed by atoms with Gasteiger partial charge >= 0.3 is 0 Å². The standard InChI is InChI=1S/C24H20N2O2S/c27-23(17-9-2-1-3-10-17)18-11-4-5-12-19(18)24(28)25-16-8-15-22-26-20-13-6-7-14-21(20)29-22/h1-7,9-14H,8,15-16H2,(H,25,28). The maximum Gasteiger partial charge on any atom is 0.252 e.